The van der Waals surface area contributed by atoms with Crippen molar-refractivity contribution in [2.75, 3.05) is 10.2 Å². The quantitative estimate of drug-likeness (QED) is 0.576. The molecule has 2 aliphatic rings. The van der Waals surface area contributed by atoms with Crippen molar-refractivity contribution in [3.8, 4) is 0 Å². The third-order valence-corrected chi connectivity index (χ3v) is 6.46. The van der Waals surface area contributed by atoms with E-state index in [2.05, 4.69) is 23.5 Å². The van der Waals surface area contributed by atoms with Crippen molar-refractivity contribution < 1.29 is 9.59 Å². The van der Waals surface area contributed by atoms with Gasteiger partial charge in [-0.25, -0.2) is 0 Å². The number of hydrogen-bond donors (Lipinski definition) is 1. The molecule has 1 heterocycles. The summed E-state index contributed by atoms with van der Waals surface area (Å²) in [6, 6.07) is 27.5. The van der Waals surface area contributed by atoms with Gasteiger partial charge < -0.3 is 10.2 Å². The highest BCUT2D eigenvalue weighted by Gasteiger charge is 2.44. The van der Waals surface area contributed by atoms with Gasteiger partial charge in [0.25, 0.3) is 0 Å². The van der Waals surface area contributed by atoms with Crippen LogP contribution in [-0.2, 0) is 9.59 Å². The predicted molar refractivity (Wildman–Crippen MR) is 127 cm³/mol. The molecule has 3 atom stereocenters. The number of para-hydroxylation sites is 2. The van der Waals surface area contributed by atoms with Gasteiger partial charge in [0.1, 0.15) is 5.78 Å². The van der Waals surface area contributed by atoms with Crippen molar-refractivity contribution in [1.82, 2.24) is 0 Å². The van der Waals surface area contributed by atoms with E-state index in [1.54, 1.807) is 0 Å². The molecule has 1 N–H and O–H groups in total. The van der Waals surface area contributed by atoms with Crippen LogP contribution < -0.4 is 10.2 Å². The van der Waals surface area contributed by atoms with Gasteiger partial charge in [0.2, 0.25) is 5.91 Å². The van der Waals surface area contributed by atoms with E-state index >= 15 is 0 Å². The van der Waals surface area contributed by atoms with Crippen molar-refractivity contribution in [3.63, 3.8) is 0 Å². The lowest BCUT2D eigenvalue weighted by Gasteiger charge is -2.37. The van der Waals surface area contributed by atoms with Crippen molar-refractivity contribution in [2.45, 2.75) is 31.7 Å². The first-order valence-electron chi connectivity index (χ1n) is 11.2. The van der Waals surface area contributed by atoms with Crippen LogP contribution in [0.1, 0.15) is 42.9 Å². The second-order valence-corrected chi connectivity index (χ2v) is 8.40. The van der Waals surface area contributed by atoms with Crippen molar-refractivity contribution in [3.05, 3.63) is 108 Å². The normalized spacial score (nSPS) is 22.2. The van der Waals surface area contributed by atoms with Crippen LogP contribution in [-0.4, -0.2) is 11.7 Å². The smallest absolute Gasteiger partial charge is 0.227 e. The number of fused-ring (bicyclic) bond motifs is 2. The van der Waals surface area contributed by atoms with Gasteiger partial charge in [0.05, 0.1) is 23.3 Å². The zero-order valence-electron chi connectivity index (χ0n) is 18.1. The molecule has 0 saturated heterocycles. The van der Waals surface area contributed by atoms with E-state index < -0.39 is 12.0 Å². The van der Waals surface area contributed by atoms with Crippen LogP contribution in [0.3, 0.4) is 0 Å². The predicted octanol–water partition coefficient (Wildman–Crippen LogP) is 5.85. The molecule has 4 heteroatoms. The summed E-state index contributed by atoms with van der Waals surface area (Å²) in [5, 5.41) is 3.55. The first-order valence-corrected chi connectivity index (χ1v) is 11.2. The summed E-state index contributed by atoms with van der Waals surface area (Å²) in [7, 11) is 0. The highest BCUT2D eigenvalue weighted by molar-refractivity contribution is 6.01. The summed E-state index contributed by atoms with van der Waals surface area (Å²) in [5.74, 6) is -0.272. The molecular weight excluding hydrogens is 396 g/mol. The lowest BCUT2D eigenvalue weighted by Crippen LogP contribution is -2.42. The van der Waals surface area contributed by atoms with Gasteiger partial charge in [-0.05, 0) is 23.3 Å². The molecule has 1 aliphatic heterocycles. The highest BCUT2D eigenvalue weighted by Crippen LogP contribution is 2.47. The zero-order chi connectivity index (χ0) is 22.1. The van der Waals surface area contributed by atoms with Crippen LogP contribution in [0.2, 0.25) is 0 Å². The number of rotatable bonds is 3. The molecule has 1 amide bonds. The molecule has 0 saturated carbocycles. The van der Waals surface area contributed by atoms with Crippen molar-refractivity contribution in [2.24, 2.45) is 5.92 Å². The van der Waals surface area contributed by atoms with Gasteiger partial charge in [-0.3, -0.25) is 9.59 Å². The molecule has 3 aromatic carbocycles. The summed E-state index contributed by atoms with van der Waals surface area (Å²) in [5.41, 5.74) is 4.64. The maximum atomic E-state index is 13.7. The number of nitrogens with one attached hydrogen (secondary N) is 1. The number of carbonyl (C=O) groups is 2. The number of carbonyl (C=O) groups excluding carboxylic acids is 2. The van der Waals surface area contributed by atoms with Crippen LogP contribution in [0.5, 0.6) is 0 Å². The third-order valence-electron chi connectivity index (χ3n) is 6.46. The number of ketones is 1. The fraction of sp³-hybridized carbons (Fsp3) is 0.214. The minimum atomic E-state index is -0.444. The third kappa shape index (κ3) is 3.52. The average molecular weight is 423 g/mol. The Kier molecular flexibility index (Phi) is 5.36. The highest BCUT2D eigenvalue weighted by atomic mass is 16.2. The largest absolute Gasteiger partial charge is 0.357 e. The van der Waals surface area contributed by atoms with Crippen LogP contribution in [0.4, 0.5) is 11.4 Å². The molecule has 1 aliphatic carbocycles. The number of nitrogens with zero attached hydrogens (tertiary/aromatic N) is 1. The first kappa shape index (κ1) is 20.3. The molecule has 5 rings (SSSR count). The molecular formula is C28H26N2O2. The monoisotopic (exact) mass is 422 g/mol. The first-order chi connectivity index (χ1) is 15.7. The number of hydrogen-bond acceptors (Lipinski definition) is 3. The minimum absolute atomic E-state index is 0.00679. The van der Waals surface area contributed by atoms with Crippen LogP contribution in [0, 0.1) is 5.92 Å². The number of benzene rings is 3. The van der Waals surface area contributed by atoms with Crippen LogP contribution in [0.15, 0.2) is 96.7 Å². The average Bonchev–Trinajstić information content (AvgIpc) is 2.99. The standard InChI is InChI=1S/C28H26N2O2/c1-2-26(32)30-24-16-10-9-15-22(24)29-23-17-21(19-11-5-3-6-12-19)18-25(31)27(23)28(30)20-13-7-4-8-14-20/h3-17,21,27-29H,2,18H2,1H3/t21-,27-,28+/m0/s1. The molecule has 3 aromatic rings. The lowest BCUT2D eigenvalue weighted by atomic mass is 9.76. The van der Waals surface area contributed by atoms with Gasteiger partial charge in [-0.2, -0.15) is 0 Å². The van der Waals surface area contributed by atoms with Gasteiger partial charge in [0.15, 0.2) is 0 Å². The summed E-state index contributed by atoms with van der Waals surface area (Å²) in [4.78, 5) is 28.9. The minimum Gasteiger partial charge on any atom is -0.357 e. The Morgan fingerprint density at radius 3 is 2.22 bits per heavy atom. The Labute approximate surface area is 188 Å². The fourth-order valence-electron chi connectivity index (χ4n) is 4.97. The SMILES string of the molecule is CCC(=O)N1c2ccccc2NC2=C[C@H](c3ccccc3)CC(=O)[C@H]2[C@H]1c1ccccc1. The Morgan fingerprint density at radius 1 is 0.906 bits per heavy atom. The van der Waals surface area contributed by atoms with Crippen LogP contribution >= 0.6 is 0 Å². The summed E-state index contributed by atoms with van der Waals surface area (Å²) < 4.78 is 0. The molecule has 4 nitrogen and oxygen atoms in total. The molecule has 0 bridgehead atoms. The Balaban J connectivity index is 1.72. The maximum Gasteiger partial charge on any atom is 0.227 e. The van der Waals surface area contributed by atoms with E-state index in [1.807, 2.05) is 84.6 Å². The number of anilines is 2. The second kappa shape index (κ2) is 8.46. The van der Waals surface area contributed by atoms with E-state index in [9.17, 15) is 9.59 Å². The van der Waals surface area contributed by atoms with E-state index in [0.717, 1.165) is 28.2 Å². The fourth-order valence-corrected chi connectivity index (χ4v) is 4.97. The van der Waals surface area contributed by atoms with Crippen LogP contribution in [0.25, 0.3) is 0 Å². The van der Waals surface area contributed by atoms with E-state index in [-0.39, 0.29) is 17.6 Å². The van der Waals surface area contributed by atoms with Gasteiger partial charge in [0, 0.05) is 24.5 Å². The summed E-state index contributed by atoms with van der Waals surface area (Å²) >= 11 is 0. The van der Waals surface area contributed by atoms with E-state index in [4.69, 9.17) is 0 Å². The van der Waals surface area contributed by atoms with Crippen molar-refractivity contribution in [1.29, 1.82) is 0 Å². The summed E-state index contributed by atoms with van der Waals surface area (Å²) in [6.45, 7) is 1.87. The Morgan fingerprint density at radius 2 is 1.53 bits per heavy atom. The molecule has 0 aromatic heterocycles. The number of allylic oxidation sites excluding steroid dienone is 1. The molecule has 0 unspecified atom stereocenters. The van der Waals surface area contributed by atoms with E-state index in [1.165, 1.54) is 0 Å². The van der Waals surface area contributed by atoms with Gasteiger partial charge in [-0.15, -0.1) is 0 Å². The zero-order valence-corrected chi connectivity index (χ0v) is 18.1. The van der Waals surface area contributed by atoms with Gasteiger partial charge >= 0.3 is 0 Å². The molecule has 32 heavy (non-hydrogen) atoms. The molecule has 160 valence electrons. The molecule has 0 radical (unpaired) electrons. The number of amides is 1. The molecule has 0 spiro atoms. The lowest BCUT2D eigenvalue weighted by molar-refractivity contribution is -0.123. The summed E-state index contributed by atoms with van der Waals surface area (Å²) in [6.07, 6.45) is 2.98. The van der Waals surface area contributed by atoms with Gasteiger partial charge in [-0.1, -0.05) is 85.8 Å². The van der Waals surface area contributed by atoms with Crippen molar-refractivity contribution >= 4 is 23.1 Å². The van der Waals surface area contributed by atoms with E-state index in [0.29, 0.717) is 12.8 Å². The molecule has 0 fully saturated rings. The maximum absolute atomic E-state index is 13.7. The number of Topliss-reactive ketones (excluding diaryl/α,β-unsaturated/α-hetero) is 1. The Bertz CT molecular complexity index is 1170. The Hall–Kier alpha value is -3.66. The second-order valence-electron chi connectivity index (χ2n) is 8.40. The topological polar surface area (TPSA) is 49.4 Å².